The quantitative estimate of drug-likeness (QED) is 0.521. The molecule has 13 heavy (non-hydrogen) atoms. The summed E-state index contributed by atoms with van der Waals surface area (Å²) in [6, 6.07) is 0. The van der Waals surface area contributed by atoms with Gasteiger partial charge in [-0.05, 0) is 45.4 Å². The van der Waals surface area contributed by atoms with E-state index in [1.54, 1.807) is 5.57 Å². The fraction of sp³-hybridized carbons (Fsp3) is 0.750. The Hall–Kier alpha value is -0.590. The van der Waals surface area contributed by atoms with E-state index in [4.69, 9.17) is 0 Å². The monoisotopic (exact) mass is 178 g/mol. The zero-order valence-corrected chi connectivity index (χ0v) is 8.60. The van der Waals surface area contributed by atoms with Crippen molar-refractivity contribution in [2.24, 2.45) is 11.8 Å². The Kier molecular flexibility index (Phi) is 2.27. The third-order valence-corrected chi connectivity index (χ3v) is 3.66. The molecule has 0 bridgehead atoms. The standard InChI is InChI=1S/C12H18O/c1-8(2)10-6-9-4-3-5-12(13)11(9)7-10/h9,11H,3-7H2,1-2H3. The molecule has 2 atom stereocenters. The molecule has 72 valence electrons. The van der Waals surface area contributed by atoms with Crippen molar-refractivity contribution in [2.45, 2.75) is 46.0 Å². The first-order chi connectivity index (χ1) is 6.18. The van der Waals surface area contributed by atoms with E-state index in [-0.39, 0.29) is 0 Å². The Balaban J connectivity index is 2.17. The van der Waals surface area contributed by atoms with E-state index in [0.29, 0.717) is 17.6 Å². The van der Waals surface area contributed by atoms with Crippen LogP contribution in [0.4, 0.5) is 0 Å². The third kappa shape index (κ3) is 1.56. The summed E-state index contributed by atoms with van der Waals surface area (Å²) in [6.07, 6.45) is 5.55. The molecule has 0 aromatic heterocycles. The van der Waals surface area contributed by atoms with Gasteiger partial charge in [0.2, 0.25) is 0 Å². The summed E-state index contributed by atoms with van der Waals surface area (Å²) in [5.74, 6) is 1.64. The molecule has 0 N–H and O–H groups in total. The first-order valence-electron chi connectivity index (χ1n) is 5.36. The zero-order valence-electron chi connectivity index (χ0n) is 8.60. The average molecular weight is 178 g/mol. The van der Waals surface area contributed by atoms with Crippen LogP contribution >= 0.6 is 0 Å². The second-order valence-electron chi connectivity index (χ2n) is 4.74. The van der Waals surface area contributed by atoms with Gasteiger partial charge in [-0.3, -0.25) is 4.79 Å². The molecule has 2 saturated carbocycles. The molecule has 0 spiro atoms. The number of fused-ring (bicyclic) bond motifs is 1. The molecule has 0 saturated heterocycles. The minimum Gasteiger partial charge on any atom is -0.299 e. The van der Waals surface area contributed by atoms with Crippen LogP contribution < -0.4 is 0 Å². The number of hydrogen-bond acceptors (Lipinski definition) is 1. The van der Waals surface area contributed by atoms with E-state index in [1.807, 2.05) is 0 Å². The normalized spacial score (nSPS) is 33.4. The Bertz CT molecular complexity index is 258. The Morgan fingerprint density at radius 1 is 1.31 bits per heavy atom. The first-order valence-corrected chi connectivity index (χ1v) is 5.36. The van der Waals surface area contributed by atoms with E-state index >= 15 is 0 Å². The van der Waals surface area contributed by atoms with Gasteiger partial charge in [-0.15, -0.1) is 0 Å². The highest BCUT2D eigenvalue weighted by atomic mass is 16.1. The van der Waals surface area contributed by atoms with E-state index in [9.17, 15) is 4.79 Å². The summed E-state index contributed by atoms with van der Waals surface area (Å²) >= 11 is 0. The molecule has 2 fully saturated rings. The fourth-order valence-corrected chi connectivity index (χ4v) is 2.79. The minimum absolute atomic E-state index is 0.402. The molecular weight excluding hydrogens is 160 g/mol. The van der Waals surface area contributed by atoms with Crippen molar-refractivity contribution in [2.75, 3.05) is 0 Å². The van der Waals surface area contributed by atoms with Crippen LogP contribution in [0.2, 0.25) is 0 Å². The van der Waals surface area contributed by atoms with Crippen molar-refractivity contribution in [1.29, 1.82) is 0 Å². The number of hydrogen-bond donors (Lipinski definition) is 0. The number of ketones is 1. The molecular formula is C12H18O. The van der Waals surface area contributed by atoms with E-state index in [2.05, 4.69) is 13.8 Å². The summed E-state index contributed by atoms with van der Waals surface area (Å²) in [5.41, 5.74) is 3.01. The lowest BCUT2D eigenvalue weighted by Crippen LogP contribution is -2.23. The van der Waals surface area contributed by atoms with Crippen molar-refractivity contribution in [3.05, 3.63) is 11.1 Å². The lowest BCUT2D eigenvalue weighted by molar-refractivity contribution is -0.125. The summed E-state index contributed by atoms with van der Waals surface area (Å²) in [4.78, 5) is 11.6. The SMILES string of the molecule is CC(C)=C1CC2CCCC(=O)C2C1. The van der Waals surface area contributed by atoms with Crippen LogP contribution in [0.1, 0.15) is 46.0 Å². The highest BCUT2D eigenvalue weighted by Gasteiger charge is 2.37. The number of carbonyl (C=O) groups is 1. The molecule has 1 heteroatoms. The fourth-order valence-electron chi connectivity index (χ4n) is 2.79. The van der Waals surface area contributed by atoms with Crippen molar-refractivity contribution >= 4 is 5.78 Å². The molecule has 2 unspecified atom stereocenters. The van der Waals surface area contributed by atoms with Crippen LogP contribution in [-0.4, -0.2) is 5.78 Å². The summed E-state index contributed by atoms with van der Waals surface area (Å²) in [6.45, 7) is 4.36. The predicted molar refractivity (Wildman–Crippen MR) is 53.4 cm³/mol. The largest absolute Gasteiger partial charge is 0.299 e. The van der Waals surface area contributed by atoms with E-state index in [1.165, 1.54) is 18.4 Å². The molecule has 0 aromatic carbocycles. The summed E-state index contributed by atoms with van der Waals surface area (Å²) < 4.78 is 0. The maximum absolute atomic E-state index is 11.6. The molecule has 0 radical (unpaired) electrons. The number of Topliss-reactive ketones (excluding diaryl/α,β-unsaturated/α-hetero) is 1. The van der Waals surface area contributed by atoms with Crippen LogP contribution in [0, 0.1) is 11.8 Å². The smallest absolute Gasteiger partial charge is 0.136 e. The van der Waals surface area contributed by atoms with Gasteiger partial charge in [-0.1, -0.05) is 11.1 Å². The van der Waals surface area contributed by atoms with E-state index in [0.717, 1.165) is 19.3 Å². The molecule has 0 aliphatic heterocycles. The van der Waals surface area contributed by atoms with Gasteiger partial charge in [-0.2, -0.15) is 0 Å². The second-order valence-corrected chi connectivity index (χ2v) is 4.74. The number of allylic oxidation sites excluding steroid dienone is 2. The average Bonchev–Trinajstić information content (AvgIpc) is 2.49. The second kappa shape index (κ2) is 3.28. The Labute approximate surface area is 80.2 Å². The molecule has 0 amide bonds. The van der Waals surface area contributed by atoms with Crippen LogP contribution in [0.25, 0.3) is 0 Å². The van der Waals surface area contributed by atoms with Crippen LogP contribution in [-0.2, 0) is 4.79 Å². The summed E-state index contributed by atoms with van der Waals surface area (Å²) in [5, 5.41) is 0. The lowest BCUT2D eigenvalue weighted by Gasteiger charge is -2.22. The highest BCUT2D eigenvalue weighted by Crippen LogP contribution is 2.43. The van der Waals surface area contributed by atoms with Gasteiger partial charge < -0.3 is 0 Å². The topological polar surface area (TPSA) is 17.1 Å². The minimum atomic E-state index is 0.402. The van der Waals surface area contributed by atoms with Gasteiger partial charge in [0.25, 0.3) is 0 Å². The van der Waals surface area contributed by atoms with Crippen molar-refractivity contribution < 1.29 is 4.79 Å². The molecule has 2 aliphatic carbocycles. The molecule has 0 heterocycles. The predicted octanol–water partition coefficient (Wildman–Crippen LogP) is 3.10. The Morgan fingerprint density at radius 3 is 2.69 bits per heavy atom. The van der Waals surface area contributed by atoms with Gasteiger partial charge in [0.05, 0.1) is 0 Å². The maximum atomic E-state index is 11.6. The lowest BCUT2D eigenvalue weighted by atomic mass is 9.81. The van der Waals surface area contributed by atoms with Crippen LogP contribution in [0.15, 0.2) is 11.1 Å². The van der Waals surface area contributed by atoms with Crippen molar-refractivity contribution in [3.8, 4) is 0 Å². The first kappa shape index (κ1) is 8.98. The zero-order chi connectivity index (χ0) is 9.42. The molecule has 0 aromatic rings. The van der Waals surface area contributed by atoms with E-state index < -0.39 is 0 Å². The van der Waals surface area contributed by atoms with Gasteiger partial charge >= 0.3 is 0 Å². The van der Waals surface area contributed by atoms with Crippen LogP contribution in [0.5, 0.6) is 0 Å². The van der Waals surface area contributed by atoms with Crippen molar-refractivity contribution in [3.63, 3.8) is 0 Å². The van der Waals surface area contributed by atoms with Gasteiger partial charge in [0.15, 0.2) is 0 Å². The Morgan fingerprint density at radius 2 is 2.08 bits per heavy atom. The van der Waals surface area contributed by atoms with Gasteiger partial charge in [0, 0.05) is 12.3 Å². The van der Waals surface area contributed by atoms with Gasteiger partial charge in [-0.25, -0.2) is 0 Å². The maximum Gasteiger partial charge on any atom is 0.136 e. The summed E-state index contributed by atoms with van der Waals surface area (Å²) in [7, 11) is 0. The number of rotatable bonds is 0. The highest BCUT2D eigenvalue weighted by molar-refractivity contribution is 5.82. The molecule has 2 aliphatic rings. The third-order valence-electron chi connectivity index (χ3n) is 3.66. The van der Waals surface area contributed by atoms with Crippen LogP contribution in [0.3, 0.4) is 0 Å². The molecule has 2 rings (SSSR count). The molecule has 1 nitrogen and oxygen atoms in total. The van der Waals surface area contributed by atoms with Gasteiger partial charge in [0.1, 0.15) is 5.78 Å². The van der Waals surface area contributed by atoms with Crippen molar-refractivity contribution in [1.82, 2.24) is 0 Å². The number of carbonyl (C=O) groups excluding carboxylic acids is 1.